The molecule has 118 valence electrons. The van der Waals surface area contributed by atoms with Gasteiger partial charge in [0, 0.05) is 30.9 Å². The Morgan fingerprint density at radius 3 is 2.83 bits per heavy atom. The fraction of sp³-hybridized carbons (Fsp3) is 0.333. The van der Waals surface area contributed by atoms with Crippen molar-refractivity contribution in [1.29, 1.82) is 0 Å². The largest absolute Gasteiger partial charge is 0.355 e. The van der Waals surface area contributed by atoms with Gasteiger partial charge in [0.1, 0.15) is 0 Å². The molecule has 1 aromatic heterocycles. The normalized spacial score (nSPS) is 26.7. The molecule has 0 aliphatic carbocycles. The van der Waals surface area contributed by atoms with Crippen molar-refractivity contribution in [2.24, 2.45) is 5.41 Å². The highest BCUT2D eigenvalue weighted by Gasteiger charge is 2.55. The lowest BCUT2D eigenvalue weighted by molar-refractivity contribution is -0.127. The molecular formula is C18H18N2O2S. The molecule has 2 amide bonds. The van der Waals surface area contributed by atoms with Gasteiger partial charge in [-0.3, -0.25) is 9.59 Å². The molecule has 1 aromatic carbocycles. The van der Waals surface area contributed by atoms with E-state index < -0.39 is 5.41 Å². The third-order valence-electron chi connectivity index (χ3n) is 5.14. The second-order valence-electron chi connectivity index (χ2n) is 6.32. The number of likely N-dealkylation sites (tertiary alicyclic amines) is 1. The fourth-order valence-electron chi connectivity index (χ4n) is 3.89. The average Bonchev–Trinajstić information content (AvgIpc) is 3.31. The summed E-state index contributed by atoms with van der Waals surface area (Å²) < 4.78 is 0. The summed E-state index contributed by atoms with van der Waals surface area (Å²) in [6, 6.07) is 12.0. The summed E-state index contributed by atoms with van der Waals surface area (Å²) in [5.41, 5.74) is 1.42. The minimum absolute atomic E-state index is 0.0367. The van der Waals surface area contributed by atoms with E-state index in [1.165, 1.54) is 16.9 Å². The van der Waals surface area contributed by atoms with Crippen LogP contribution in [0.2, 0.25) is 0 Å². The number of hydrogen-bond acceptors (Lipinski definition) is 3. The molecule has 2 aliphatic rings. The van der Waals surface area contributed by atoms with Crippen molar-refractivity contribution >= 4 is 23.2 Å². The number of hydrogen-bond donors (Lipinski definition) is 1. The van der Waals surface area contributed by atoms with Crippen LogP contribution in [0.1, 0.15) is 28.3 Å². The van der Waals surface area contributed by atoms with Gasteiger partial charge in [-0.1, -0.05) is 30.3 Å². The first-order valence-corrected chi connectivity index (χ1v) is 8.80. The highest BCUT2D eigenvalue weighted by Crippen LogP contribution is 2.47. The summed E-state index contributed by atoms with van der Waals surface area (Å²) in [6.07, 6.45) is 0.730. The average molecular weight is 326 g/mol. The molecule has 3 heterocycles. The third-order valence-corrected chi connectivity index (χ3v) is 5.83. The summed E-state index contributed by atoms with van der Waals surface area (Å²) in [5.74, 6) is 0.262. The minimum Gasteiger partial charge on any atom is -0.355 e. The summed E-state index contributed by atoms with van der Waals surface area (Å²) in [5, 5.41) is 6.80. The lowest BCUT2D eigenvalue weighted by Crippen LogP contribution is -2.39. The first kappa shape index (κ1) is 14.5. The molecule has 2 fully saturated rings. The van der Waals surface area contributed by atoms with Crippen LogP contribution in [-0.4, -0.2) is 36.3 Å². The van der Waals surface area contributed by atoms with E-state index in [2.05, 4.69) is 17.4 Å². The summed E-state index contributed by atoms with van der Waals surface area (Å²) in [7, 11) is 0. The number of benzene rings is 1. The standard InChI is InChI=1S/C18H18N2O2S/c21-16(14-6-9-23-11-14)20-8-7-18(12-20)15(10-19-17(18)22)13-4-2-1-3-5-13/h1-6,9,11,15H,7-8,10,12H2,(H,19,22)/t15-,18+/m1/s1. The van der Waals surface area contributed by atoms with E-state index >= 15 is 0 Å². The van der Waals surface area contributed by atoms with Gasteiger partial charge in [0.05, 0.1) is 11.0 Å². The van der Waals surface area contributed by atoms with Crippen LogP contribution >= 0.6 is 11.3 Å². The monoisotopic (exact) mass is 326 g/mol. The number of rotatable bonds is 2. The number of carbonyl (C=O) groups excluding carboxylic acids is 2. The van der Waals surface area contributed by atoms with Crippen molar-refractivity contribution in [3.05, 3.63) is 58.3 Å². The lowest BCUT2D eigenvalue weighted by atomic mass is 9.73. The van der Waals surface area contributed by atoms with E-state index in [1.54, 1.807) is 0 Å². The van der Waals surface area contributed by atoms with E-state index in [-0.39, 0.29) is 17.7 Å². The van der Waals surface area contributed by atoms with Crippen molar-refractivity contribution in [1.82, 2.24) is 10.2 Å². The molecule has 0 unspecified atom stereocenters. The second kappa shape index (κ2) is 5.49. The van der Waals surface area contributed by atoms with Gasteiger partial charge in [-0.15, -0.1) is 0 Å². The molecule has 1 N–H and O–H groups in total. The highest BCUT2D eigenvalue weighted by atomic mass is 32.1. The molecule has 2 atom stereocenters. The topological polar surface area (TPSA) is 49.4 Å². The van der Waals surface area contributed by atoms with E-state index in [0.29, 0.717) is 19.6 Å². The number of nitrogens with zero attached hydrogens (tertiary/aromatic N) is 1. The second-order valence-corrected chi connectivity index (χ2v) is 7.10. The Labute approximate surface area is 139 Å². The molecule has 23 heavy (non-hydrogen) atoms. The van der Waals surface area contributed by atoms with Gasteiger partial charge in [-0.2, -0.15) is 11.3 Å². The molecule has 0 bridgehead atoms. The van der Waals surface area contributed by atoms with Crippen molar-refractivity contribution in [2.75, 3.05) is 19.6 Å². The summed E-state index contributed by atoms with van der Waals surface area (Å²) in [6.45, 7) is 1.81. The van der Waals surface area contributed by atoms with Gasteiger partial charge in [0.2, 0.25) is 5.91 Å². The van der Waals surface area contributed by atoms with Crippen LogP contribution in [0.3, 0.4) is 0 Å². The quantitative estimate of drug-likeness (QED) is 0.922. The summed E-state index contributed by atoms with van der Waals surface area (Å²) in [4.78, 5) is 27.0. The van der Waals surface area contributed by atoms with Gasteiger partial charge in [0.25, 0.3) is 5.91 Å². The molecule has 4 rings (SSSR count). The zero-order valence-corrected chi connectivity index (χ0v) is 13.5. The van der Waals surface area contributed by atoms with E-state index in [0.717, 1.165) is 12.0 Å². The minimum atomic E-state index is -0.479. The molecule has 5 heteroatoms. The SMILES string of the molecule is O=C(c1ccsc1)N1CC[C@@]2(C1)C(=O)NC[C@@H]2c1ccccc1. The molecular weight excluding hydrogens is 308 g/mol. The van der Waals surface area contributed by atoms with Crippen LogP contribution in [0.15, 0.2) is 47.2 Å². The van der Waals surface area contributed by atoms with Crippen molar-refractivity contribution in [3.8, 4) is 0 Å². The fourth-order valence-corrected chi connectivity index (χ4v) is 4.52. The Morgan fingerprint density at radius 1 is 1.26 bits per heavy atom. The highest BCUT2D eigenvalue weighted by molar-refractivity contribution is 7.08. The third kappa shape index (κ3) is 2.27. The molecule has 0 saturated carbocycles. The predicted octanol–water partition coefficient (Wildman–Crippen LogP) is 2.49. The van der Waals surface area contributed by atoms with Gasteiger partial charge in [-0.05, 0) is 23.4 Å². The van der Waals surface area contributed by atoms with Crippen LogP contribution in [-0.2, 0) is 4.79 Å². The smallest absolute Gasteiger partial charge is 0.254 e. The van der Waals surface area contributed by atoms with E-state index in [1.807, 2.05) is 39.9 Å². The Hall–Kier alpha value is -2.14. The van der Waals surface area contributed by atoms with Crippen LogP contribution in [0.4, 0.5) is 0 Å². The Balaban J connectivity index is 1.62. The first-order valence-electron chi connectivity index (χ1n) is 7.85. The predicted molar refractivity (Wildman–Crippen MR) is 89.5 cm³/mol. The Bertz CT molecular complexity index is 729. The maximum absolute atomic E-state index is 12.6. The molecule has 2 aliphatic heterocycles. The maximum atomic E-state index is 12.6. The summed E-state index contributed by atoms with van der Waals surface area (Å²) >= 11 is 1.52. The number of thiophene rings is 1. The molecule has 0 radical (unpaired) electrons. The Kier molecular flexibility index (Phi) is 3.45. The number of nitrogens with one attached hydrogen (secondary N) is 1. The van der Waals surface area contributed by atoms with Crippen molar-refractivity contribution in [2.45, 2.75) is 12.3 Å². The lowest BCUT2D eigenvalue weighted by Gasteiger charge is -2.28. The number of amides is 2. The van der Waals surface area contributed by atoms with E-state index in [4.69, 9.17) is 0 Å². The van der Waals surface area contributed by atoms with Crippen LogP contribution in [0.5, 0.6) is 0 Å². The maximum Gasteiger partial charge on any atom is 0.254 e. The van der Waals surface area contributed by atoms with Crippen LogP contribution in [0, 0.1) is 5.41 Å². The molecule has 4 nitrogen and oxygen atoms in total. The zero-order chi connectivity index (χ0) is 15.9. The van der Waals surface area contributed by atoms with Gasteiger partial charge >= 0.3 is 0 Å². The Morgan fingerprint density at radius 2 is 2.09 bits per heavy atom. The van der Waals surface area contributed by atoms with Crippen molar-refractivity contribution in [3.63, 3.8) is 0 Å². The van der Waals surface area contributed by atoms with E-state index in [9.17, 15) is 9.59 Å². The van der Waals surface area contributed by atoms with Gasteiger partial charge < -0.3 is 10.2 Å². The number of carbonyl (C=O) groups is 2. The van der Waals surface area contributed by atoms with Crippen molar-refractivity contribution < 1.29 is 9.59 Å². The molecule has 2 saturated heterocycles. The molecule has 1 spiro atoms. The zero-order valence-electron chi connectivity index (χ0n) is 12.7. The van der Waals surface area contributed by atoms with Gasteiger partial charge in [-0.25, -0.2) is 0 Å². The van der Waals surface area contributed by atoms with Crippen LogP contribution < -0.4 is 5.32 Å². The first-order chi connectivity index (χ1) is 11.2. The van der Waals surface area contributed by atoms with Crippen LogP contribution in [0.25, 0.3) is 0 Å². The van der Waals surface area contributed by atoms with Gasteiger partial charge in [0.15, 0.2) is 0 Å². The molecule has 2 aromatic rings.